The topological polar surface area (TPSA) is 105 Å². The summed E-state index contributed by atoms with van der Waals surface area (Å²) in [5.74, 6) is 0.555. The fraction of sp³-hybridized carbons (Fsp3) is 0.529. The molecular weight excluding hydrogens is 404 g/mol. The highest BCUT2D eigenvalue weighted by Gasteiger charge is 2.28. The second kappa shape index (κ2) is 7.91. The number of aromatic amines is 1. The molecule has 0 radical (unpaired) electrons. The van der Waals surface area contributed by atoms with Crippen molar-refractivity contribution in [3.05, 3.63) is 39.6 Å². The van der Waals surface area contributed by atoms with Crippen LogP contribution in [-0.4, -0.2) is 62.6 Å². The van der Waals surface area contributed by atoms with Gasteiger partial charge in [-0.15, -0.1) is 11.3 Å². The largest absolute Gasteiger partial charge is 0.379 e. The maximum atomic E-state index is 12.8. The second-order valence-electron chi connectivity index (χ2n) is 6.71. The maximum absolute atomic E-state index is 12.8. The summed E-state index contributed by atoms with van der Waals surface area (Å²) in [6, 6.07) is 3.41. The second-order valence-corrected chi connectivity index (χ2v) is 9.93. The van der Waals surface area contributed by atoms with Gasteiger partial charge in [-0.1, -0.05) is 0 Å². The molecule has 1 fully saturated rings. The van der Waals surface area contributed by atoms with Crippen molar-refractivity contribution < 1.29 is 17.9 Å². The van der Waals surface area contributed by atoms with Crippen molar-refractivity contribution in [2.45, 2.75) is 23.8 Å². The van der Waals surface area contributed by atoms with Crippen LogP contribution in [0.4, 0.5) is 5.00 Å². The number of nitrogens with zero attached hydrogens (tertiary/aromatic N) is 3. The van der Waals surface area contributed by atoms with Gasteiger partial charge >= 0.3 is 0 Å². The number of nitrogens with one attached hydrogen (secondary N) is 1. The standard InChI is InChI=1S/C17H22N4O5S2/c1-20(10-14-18-13-4-7-26-11-12(13)17(22)19-14)15-2-3-16(27-15)28(23,24)21-5-8-25-9-6-21/h2-3H,4-11H2,1H3,(H,18,19,22). The molecule has 0 atom stereocenters. The van der Waals surface area contributed by atoms with Crippen molar-refractivity contribution in [2.24, 2.45) is 0 Å². The number of fused-ring (bicyclic) bond motifs is 1. The molecule has 0 spiro atoms. The minimum absolute atomic E-state index is 0.171. The number of hydrogen-bond donors (Lipinski definition) is 1. The van der Waals surface area contributed by atoms with Crippen molar-refractivity contribution in [1.29, 1.82) is 0 Å². The summed E-state index contributed by atoms with van der Waals surface area (Å²) in [5.41, 5.74) is 1.20. The molecule has 0 bridgehead atoms. The van der Waals surface area contributed by atoms with Crippen LogP contribution in [0.5, 0.6) is 0 Å². The van der Waals surface area contributed by atoms with Gasteiger partial charge in [0, 0.05) is 26.6 Å². The molecular formula is C17H22N4O5S2. The van der Waals surface area contributed by atoms with E-state index >= 15 is 0 Å². The van der Waals surface area contributed by atoms with Crippen LogP contribution in [0.3, 0.4) is 0 Å². The van der Waals surface area contributed by atoms with Gasteiger partial charge in [-0.05, 0) is 12.1 Å². The first-order valence-corrected chi connectivity index (χ1v) is 11.3. The molecule has 4 heterocycles. The van der Waals surface area contributed by atoms with Gasteiger partial charge in [0.1, 0.15) is 10.0 Å². The third-order valence-electron chi connectivity index (χ3n) is 4.77. The summed E-state index contributed by atoms with van der Waals surface area (Å²) in [6.45, 7) is 2.80. The Morgan fingerprint density at radius 1 is 1.25 bits per heavy atom. The number of hydrogen-bond acceptors (Lipinski definition) is 8. The summed E-state index contributed by atoms with van der Waals surface area (Å²) in [4.78, 5) is 21.5. The molecule has 1 N–H and O–H groups in total. The number of thiophene rings is 1. The quantitative estimate of drug-likeness (QED) is 0.745. The first kappa shape index (κ1) is 19.5. The molecule has 28 heavy (non-hydrogen) atoms. The lowest BCUT2D eigenvalue weighted by molar-refractivity contribution is 0.0731. The van der Waals surface area contributed by atoms with Crippen LogP contribution in [0.1, 0.15) is 17.1 Å². The Bertz CT molecular complexity index is 1010. The lowest BCUT2D eigenvalue weighted by Crippen LogP contribution is -2.40. The van der Waals surface area contributed by atoms with Crippen molar-refractivity contribution in [3.8, 4) is 0 Å². The van der Waals surface area contributed by atoms with Crippen LogP contribution in [0, 0.1) is 0 Å². The normalized spacial score (nSPS) is 18.0. The summed E-state index contributed by atoms with van der Waals surface area (Å²) >= 11 is 1.21. The number of rotatable bonds is 5. The molecule has 4 rings (SSSR count). The minimum Gasteiger partial charge on any atom is -0.379 e. The van der Waals surface area contributed by atoms with Gasteiger partial charge in [-0.25, -0.2) is 13.4 Å². The number of sulfonamides is 1. The monoisotopic (exact) mass is 426 g/mol. The Morgan fingerprint density at radius 2 is 2.04 bits per heavy atom. The van der Waals surface area contributed by atoms with Gasteiger partial charge in [0.05, 0.1) is 49.2 Å². The number of ether oxygens (including phenoxy) is 2. The number of aromatic nitrogens is 2. The molecule has 1 saturated heterocycles. The lowest BCUT2D eigenvalue weighted by atomic mass is 10.1. The highest BCUT2D eigenvalue weighted by Crippen LogP contribution is 2.31. The Morgan fingerprint density at radius 3 is 2.82 bits per heavy atom. The highest BCUT2D eigenvalue weighted by atomic mass is 32.2. The van der Waals surface area contributed by atoms with E-state index in [4.69, 9.17) is 9.47 Å². The Balaban J connectivity index is 1.51. The Kier molecular flexibility index (Phi) is 5.52. The van der Waals surface area contributed by atoms with Crippen molar-refractivity contribution in [3.63, 3.8) is 0 Å². The van der Waals surface area contributed by atoms with E-state index in [2.05, 4.69) is 9.97 Å². The molecule has 152 valence electrons. The zero-order valence-electron chi connectivity index (χ0n) is 15.5. The SMILES string of the molecule is CN(Cc1nc2c(c(=O)[nH]1)COCC2)c1ccc(S(=O)(=O)N2CCOCC2)s1. The fourth-order valence-corrected chi connectivity index (χ4v) is 6.06. The third-order valence-corrected chi connectivity index (χ3v) is 8.34. The molecule has 9 nitrogen and oxygen atoms in total. The van der Waals surface area contributed by atoms with Crippen molar-refractivity contribution in [1.82, 2.24) is 14.3 Å². The van der Waals surface area contributed by atoms with Gasteiger partial charge < -0.3 is 19.4 Å². The fourth-order valence-electron chi connectivity index (χ4n) is 3.24. The van der Waals surface area contributed by atoms with E-state index < -0.39 is 10.0 Å². The van der Waals surface area contributed by atoms with Crippen LogP contribution in [0.25, 0.3) is 0 Å². The van der Waals surface area contributed by atoms with Gasteiger partial charge in [-0.2, -0.15) is 4.31 Å². The molecule has 0 unspecified atom stereocenters. The number of anilines is 1. The van der Waals surface area contributed by atoms with Crippen molar-refractivity contribution >= 4 is 26.4 Å². The highest BCUT2D eigenvalue weighted by molar-refractivity contribution is 7.91. The summed E-state index contributed by atoms with van der Waals surface area (Å²) in [6.07, 6.45) is 0.622. The molecule has 0 aromatic carbocycles. The lowest BCUT2D eigenvalue weighted by Gasteiger charge is -2.25. The minimum atomic E-state index is -3.51. The van der Waals surface area contributed by atoms with Gasteiger partial charge in [0.15, 0.2) is 0 Å². The van der Waals surface area contributed by atoms with E-state index in [1.54, 1.807) is 12.1 Å². The van der Waals surface area contributed by atoms with Gasteiger partial charge in [0.25, 0.3) is 15.6 Å². The van der Waals surface area contributed by atoms with Crippen LogP contribution < -0.4 is 10.5 Å². The summed E-state index contributed by atoms with van der Waals surface area (Å²) < 4.78 is 37.9. The maximum Gasteiger partial charge on any atom is 0.256 e. The first-order valence-electron chi connectivity index (χ1n) is 9.03. The molecule has 0 amide bonds. The van der Waals surface area contributed by atoms with Crippen LogP contribution in [0.15, 0.2) is 21.1 Å². The van der Waals surface area contributed by atoms with Crippen LogP contribution >= 0.6 is 11.3 Å². The summed E-state index contributed by atoms with van der Waals surface area (Å²) in [7, 11) is -1.66. The van der Waals surface area contributed by atoms with Crippen LogP contribution in [-0.2, 0) is 39.1 Å². The predicted octanol–water partition coefficient (Wildman–Crippen LogP) is 0.561. The molecule has 11 heteroatoms. The van der Waals surface area contributed by atoms with E-state index in [0.717, 1.165) is 10.7 Å². The molecule has 2 aliphatic heterocycles. The molecule has 0 saturated carbocycles. The molecule has 2 aliphatic rings. The van der Waals surface area contributed by atoms with E-state index in [0.29, 0.717) is 68.1 Å². The summed E-state index contributed by atoms with van der Waals surface area (Å²) in [5, 5.41) is 0.788. The van der Waals surface area contributed by atoms with E-state index in [-0.39, 0.29) is 5.56 Å². The van der Waals surface area contributed by atoms with Crippen LogP contribution in [0.2, 0.25) is 0 Å². The molecule has 0 aliphatic carbocycles. The first-order chi connectivity index (χ1) is 13.4. The van der Waals surface area contributed by atoms with E-state index in [9.17, 15) is 13.2 Å². The number of morpholine rings is 1. The van der Waals surface area contributed by atoms with Gasteiger partial charge in [-0.3, -0.25) is 4.79 Å². The van der Waals surface area contributed by atoms with Gasteiger partial charge in [0.2, 0.25) is 0 Å². The average Bonchev–Trinajstić information content (AvgIpc) is 3.20. The molecule has 2 aromatic rings. The predicted molar refractivity (Wildman–Crippen MR) is 104 cm³/mol. The zero-order chi connectivity index (χ0) is 19.7. The number of H-pyrrole nitrogens is 1. The third kappa shape index (κ3) is 3.85. The van der Waals surface area contributed by atoms with E-state index in [1.165, 1.54) is 15.6 Å². The Hall–Kier alpha value is -1.79. The van der Waals surface area contributed by atoms with Crippen molar-refractivity contribution in [2.75, 3.05) is 44.9 Å². The smallest absolute Gasteiger partial charge is 0.256 e. The average molecular weight is 427 g/mol. The van der Waals surface area contributed by atoms with E-state index in [1.807, 2.05) is 11.9 Å². The zero-order valence-corrected chi connectivity index (χ0v) is 17.1. The Labute approximate surface area is 167 Å². The molecule has 2 aromatic heterocycles.